The third-order valence-electron chi connectivity index (χ3n) is 8.11. The number of nitrogen functional groups attached to an aromatic ring is 1. The van der Waals surface area contributed by atoms with Crippen molar-refractivity contribution in [3.63, 3.8) is 0 Å². The Morgan fingerprint density at radius 1 is 1.19 bits per heavy atom. The maximum atomic E-state index is 12.4. The van der Waals surface area contributed by atoms with Gasteiger partial charge in [0.1, 0.15) is 22.9 Å². The molecule has 1 amide bonds. The van der Waals surface area contributed by atoms with Gasteiger partial charge in [0.25, 0.3) is 0 Å². The smallest absolute Gasteiger partial charge is 0.248 e. The highest BCUT2D eigenvalue weighted by Crippen LogP contribution is 2.45. The quantitative estimate of drug-likeness (QED) is 0.371. The number of piperidine rings is 1. The number of carbonyl (C=O) groups excluding carboxylic acids is 1. The summed E-state index contributed by atoms with van der Waals surface area (Å²) in [7, 11) is 0. The zero-order valence-electron chi connectivity index (χ0n) is 19.6. The second-order valence-electron chi connectivity index (χ2n) is 10.1. The molecule has 190 valence electrons. The first-order valence-electron chi connectivity index (χ1n) is 12.2. The summed E-state index contributed by atoms with van der Waals surface area (Å²) in [6.45, 7) is -0.524. The second kappa shape index (κ2) is 8.58. The molecule has 36 heavy (non-hydrogen) atoms. The molecule has 2 aliphatic heterocycles. The van der Waals surface area contributed by atoms with Crippen molar-refractivity contribution in [1.82, 2.24) is 24.5 Å². The first kappa shape index (κ1) is 23.5. The number of carbonyl (C=O) groups is 1. The molecule has 0 radical (unpaired) electrons. The van der Waals surface area contributed by atoms with Gasteiger partial charge in [-0.2, -0.15) is 9.61 Å². The lowest BCUT2D eigenvalue weighted by atomic mass is 9.77. The van der Waals surface area contributed by atoms with Crippen LogP contribution in [0.3, 0.4) is 0 Å². The molecule has 12 heteroatoms. The number of hydrogen-bond donors (Lipinski definition) is 4. The van der Waals surface area contributed by atoms with E-state index in [0.717, 1.165) is 24.8 Å². The molecule has 1 aliphatic carbocycles. The van der Waals surface area contributed by atoms with Crippen LogP contribution in [0.25, 0.3) is 16.8 Å². The summed E-state index contributed by atoms with van der Waals surface area (Å²) in [5.74, 6) is -0.396. The SMILES string of the molecule is Nc1c(S(=O)O)c(C2C[C@H]3CC[C@@H](C2)N3C(=O)CO)nc2c(-c3ccc(C4(O)CCC4)nc3)cnn12. The average molecular weight is 513 g/mol. The summed E-state index contributed by atoms with van der Waals surface area (Å²) in [6, 6.07) is 3.58. The first-order valence-corrected chi connectivity index (χ1v) is 13.3. The Morgan fingerprint density at radius 3 is 2.47 bits per heavy atom. The lowest BCUT2D eigenvalue weighted by Crippen LogP contribution is -2.47. The number of nitrogens with two attached hydrogens (primary N) is 1. The van der Waals surface area contributed by atoms with Gasteiger partial charge < -0.3 is 25.4 Å². The number of amides is 1. The molecule has 3 fully saturated rings. The number of fused-ring (bicyclic) bond motifs is 3. The highest BCUT2D eigenvalue weighted by atomic mass is 32.2. The van der Waals surface area contributed by atoms with Gasteiger partial charge in [-0.25, -0.2) is 9.19 Å². The summed E-state index contributed by atoms with van der Waals surface area (Å²) in [5, 5.41) is 24.3. The minimum absolute atomic E-state index is 0.0455. The van der Waals surface area contributed by atoms with Crippen molar-refractivity contribution in [3.8, 4) is 11.1 Å². The van der Waals surface area contributed by atoms with E-state index >= 15 is 0 Å². The molecular formula is C24H28N6O5S. The van der Waals surface area contributed by atoms with Crippen molar-refractivity contribution < 1.29 is 23.8 Å². The van der Waals surface area contributed by atoms with E-state index < -0.39 is 23.3 Å². The van der Waals surface area contributed by atoms with Crippen LogP contribution in [0.15, 0.2) is 29.4 Å². The molecule has 2 bridgehead atoms. The molecule has 0 aromatic carbocycles. The van der Waals surface area contributed by atoms with Crippen LogP contribution < -0.4 is 5.73 Å². The van der Waals surface area contributed by atoms with E-state index in [2.05, 4.69) is 10.1 Å². The Kier molecular flexibility index (Phi) is 5.59. The van der Waals surface area contributed by atoms with E-state index in [1.165, 1.54) is 4.52 Å². The second-order valence-corrected chi connectivity index (χ2v) is 11.0. The molecular weight excluding hydrogens is 484 g/mol. The number of aliphatic hydroxyl groups excluding tert-OH is 1. The van der Waals surface area contributed by atoms with Gasteiger partial charge in [0, 0.05) is 35.3 Å². The normalized spacial score (nSPS) is 25.6. The molecule has 2 unspecified atom stereocenters. The number of aliphatic hydroxyl groups is 2. The molecule has 3 aromatic rings. The minimum atomic E-state index is -2.38. The van der Waals surface area contributed by atoms with Gasteiger partial charge in [-0.3, -0.25) is 9.78 Å². The third kappa shape index (κ3) is 3.54. The predicted molar refractivity (Wildman–Crippen MR) is 130 cm³/mol. The number of aromatic nitrogens is 4. The first-order chi connectivity index (χ1) is 17.3. The maximum absolute atomic E-state index is 12.4. The van der Waals surface area contributed by atoms with E-state index in [1.54, 1.807) is 17.3 Å². The molecule has 3 aromatic heterocycles. The number of hydrogen-bond acceptors (Lipinski definition) is 8. The van der Waals surface area contributed by atoms with Crippen LogP contribution in [0.4, 0.5) is 5.82 Å². The standard InChI is InChI=1S/C24H28N6O5S/c25-22-21(36(34)35)20(14-8-15-3-4-16(9-14)29(15)19(32)12-31)28-23-17(11-27-30(22)23)13-2-5-18(26-10-13)24(33)6-1-7-24/h2,5,10-11,14-16,31,33H,1,3-4,6-9,12,25H2,(H,34,35)/t14?,15-,16+. The summed E-state index contributed by atoms with van der Waals surface area (Å²) in [4.78, 5) is 23.4. The Bertz CT molecular complexity index is 1360. The van der Waals surface area contributed by atoms with E-state index in [-0.39, 0.29) is 34.6 Å². The van der Waals surface area contributed by atoms with Gasteiger partial charge in [-0.15, -0.1) is 0 Å². The maximum Gasteiger partial charge on any atom is 0.248 e. The van der Waals surface area contributed by atoms with Crippen molar-refractivity contribution >= 4 is 28.5 Å². The zero-order chi connectivity index (χ0) is 25.2. The van der Waals surface area contributed by atoms with Crippen molar-refractivity contribution in [2.45, 2.75) is 73.4 Å². The fourth-order valence-electron chi connectivity index (χ4n) is 6.16. The van der Waals surface area contributed by atoms with Crippen LogP contribution in [0.5, 0.6) is 0 Å². The highest BCUT2D eigenvalue weighted by molar-refractivity contribution is 7.79. The lowest BCUT2D eigenvalue weighted by Gasteiger charge is -2.38. The third-order valence-corrected chi connectivity index (χ3v) is 8.88. The molecule has 2 saturated heterocycles. The van der Waals surface area contributed by atoms with Gasteiger partial charge >= 0.3 is 0 Å². The van der Waals surface area contributed by atoms with Gasteiger partial charge in [-0.1, -0.05) is 6.07 Å². The monoisotopic (exact) mass is 512 g/mol. The lowest BCUT2D eigenvalue weighted by molar-refractivity contribution is -0.138. The summed E-state index contributed by atoms with van der Waals surface area (Å²) in [5.41, 5.74) is 8.47. The van der Waals surface area contributed by atoms with Crippen LogP contribution >= 0.6 is 0 Å². The Balaban J connectivity index is 1.41. The van der Waals surface area contributed by atoms with E-state index in [4.69, 9.17) is 10.7 Å². The predicted octanol–water partition coefficient (Wildman–Crippen LogP) is 1.55. The molecule has 4 atom stereocenters. The van der Waals surface area contributed by atoms with Crippen LogP contribution in [0, 0.1) is 0 Å². The van der Waals surface area contributed by atoms with Crippen LogP contribution in [-0.4, -0.2) is 68.1 Å². The van der Waals surface area contributed by atoms with Crippen molar-refractivity contribution in [1.29, 1.82) is 0 Å². The van der Waals surface area contributed by atoms with Crippen LogP contribution in [0.2, 0.25) is 0 Å². The molecule has 0 spiro atoms. The van der Waals surface area contributed by atoms with Gasteiger partial charge in [0.2, 0.25) is 5.91 Å². The minimum Gasteiger partial charge on any atom is -0.387 e. The van der Waals surface area contributed by atoms with Crippen LogP contribution in [0.1, 0.15) is 62.3 Å². The molecule has 1 saturated carbocycles. The van der Waals surface area contributed by atoms with Crippen molar-refractivity contribution in [2.24, 2.45) is 0 Å². The van der Waals surface area contributed by atoms with Gasteiger partial charge in [-0.05, 0) is 51.0 Å². The summed E-state index contributed by atoms with van der Waals surface area (Å²) < 4.78 is 23.9. The Morgan fingerprint density at radius 2 is 1.92 bits per heavy atom. The number of nitrogens with zero attached hydrogens (tertiary/aromatic N) is 5. The summed E-state index contributed by atoms with van der Waals surface area (Å²) >= 11 is -2.38. The molecule has 11 nitrogen and oxygen atoms in total. The zero-order valence-corrected chi connectivity index (χ0v) is 20.4. The van der Waals surface area contributed by atoms with Crippen molar-refractivity contribution in [2.75, 3.05) is 12.3 Å². The molecule has 5 heterocycles. The Labute approximate surface area is 209 Å². The van der Waals surface area contributed by atoms with Gasteiger partial charge in [0.15, 0.2) is 16.7 Å². The van der Waals surface area contributed by atoms with Crippen LogP contribution in [-0.2, 0) is 21.5 Å². The fourth-order valence-corrected chi connectivity index (χ4v) is 6.82. The molecule has 5 N–H and O–H groups in total. The largest absolute Gasteiger partial charge is 0.387 e. The van der Waals surface area contributed by atoms with E-state index in [9.17, 15) is 23.8 Å². The number of pyridine rings is 1. The summed E-state index contributed by atoms with van der Waals surface area (Å²) in [6.07, 6.45) is 8.45. The van der Waals surface area contributed by atoms with E-state index in [0.29, 0.717) is 48.3 Å². The van der Waals surface area contributed by atoms with E-state index in [1.807, 2.05) is 12.1 Å². The number of rotatable bonds is 5. The van der Waals surface area contributed by atoms with Gasteiger partial charge in [0.05, 0.1) is 17.6 Å². The highest BCUT2D eigenvalue weighted by Gasteiger charge is 2.45. The average Bonchev–Trinajstić information content (AvgIpc) is 3.40. The molecule has 3 aliphatic rings. The fraction of sp³-hybridized carbons (Fsp3) is 0.500. The Hall–Kier alpha value is -2.93. The number of anilines is 1. The van der Waals surface area contributed by atoms with Crippen molar-refractivity contribution in [3.05, 3.63) is 35.9 Å². The molecule has 6 rings (SSSR count). The topological polar surface area (TPSA) is 167 Å².